The maximum absolute atomic E-state index is 6.34. The molecule has 4 nitrogen and oxygen atoms in total. The number of benzene rings is 4. The molecule has 0 amide bonds. The van der Waals surface area contributed by atoms with Crippen molar-refractivity contribution < 1.29 is 4.74 Å². The molecule has 4 aromatic carbocycles. The van der Waals surface area contributed by atoms with Gasteiger partial charge in [-0.2, -0.15) is 0 Å². The number of halogens is 1. The number of piperazine rings is 1. The molecule has 0 radical (unpaired) electrons. The predicted molar refractivity (Wildman–Crippen MR) is 159 cm³/mol. The molecule has 0 bridgehead atoms. The molecule has 1 atom stereocenters. The molecule has 1 fully saturated rings. The number of hydrogen-bond donors (Lipinski definition) is 0. The number of nitrogens with zero attached hydrogens (tertiary/aromatic N) is 3. The number of allylic oxidation sites excluding steroid dienone is 1. The van der Waals surface area contributed by atoms with Crippen LogP contribution in [0.3, 0.4) is 0 Å². The molecule has 38 heavy (non-hydrogen) atoms. The van der Waals surface area contributed by atoms with Gasteiger partial charge in [0.2, 0.25) is 0 Å². The number of rotatable bonds is 6. The summed E-state index contributed by atoms with van der Waals surface area (Å²) >= 11 is 6.34. The fourth-order valence-corrected chi connectivity index (χ4v) is 6.16. The Morgan fingerprint density at radius 2 is 1.55 bits per heavy atom. The van der Waals surface area contributed by atoms with Crippen LogP contribution in [0.1, 0.15) is 18.1 Å². The number of hydrogen-bond acceptors (Lipinski definition) is 4. The normalized spacial score (nSPS) is 19.9. The Morgan fingerprint density at radius 1 is 0.842 bits per heavy atom. The van der Waals surface area contributed by atoms with E-state index in [1.807, 2.05) is 24.3 Å². The molecule has 5 heteroatoms. The van der Waals surface area contributed by atoms with Gasteiger partial charge in [-0.15, -0.1) is 0 Å². The fraction of sp³-hybridized carbons (Fsp3) is 0.242. The molecule has 2 heterocycles. The largest absolute Gasteiger partial charge is 0.495 e. The molecular weight excluding hydrogens is 490 g/mol. The summed E-state index contributed by atoms with van der Waals surface area (Å²) in [5, 5.41) is 3.19. The first-order chi connectivity index (χ1) is 18.6. The molecule has 2 aliphatic heterocycles. The molecule has 1 unspecified atom stereocenters. The second kappa shape index (κ2) is 10.3. The van der Waals surface area contributed by atoms with Crippen LogP contribution < -0.4 is 9.64 Å². The average Bonchev–Trinajstić information content (AvgIpc) is 3.29. The third kappa shape index (κ3) is 4.38. The minimum Gasteiger partial charge on any atom is -0.495 e. The Balaban J connectivity index is 1.35. The van der Waals surface area contributed by atoms with Gasteiger partial charge in [-0.1, -0.05) is 78.3 Å². The summed E-state index contributed by atoms with van der Waals surface area (Å²) < 4.78 is 5.62. The molecule has 0 saturated carbocycles. The van der Waals surface area contributed by atoms with Gasteiger partial charge in [0.25, 0.3) is 0 Å². The van der Waals surface area contributed by atoms with Crippen LogP contribution in [-0.2, 0) is 5.54 Å². The molecule has 0 aromatic heterocycles. The predicted octanol–water partition coefficient (Wildman–Crippen LogP) is 6.97. The third-order valence-corrected chi connectivity index (χ3v) is 8.08. The van der Waals surface area contributed by atoms with Crippen molar-refractivity contribution in [2.75, 3.05) is 44.7 Å². The molecule has 2 aliphatic rings. The molecular formula is C33H32ClN3O. The van der Waals surface area contributed by atoms with E-state index >= 15 is 0 Å². The van der Waals surface area contributed by atoms with Crippen molar-refractivity contribution in [3.8, 4) is 5.75 Å². The average molecular weight is 522 g/mol. The first-order valence-corrected chi connectivity index (χ1v) is 13.6. The van der Waals surface area contributed by atoms with Gasteiger partial charge in [0, 0.05) is 43.5 Å². The van der Waals surface area contributed by atoms with Crippen LogP contribution in [0, 0.1) is 0 Å². The highest BCUT2D eigenvalue weighted by molar-refractivity contribution is 6.30. The number of anilines is 1. The van der Waals surface area contributed by atoms with E-state index in [9.17, 15) is 0 Å². The van der Waals surface area contributed by atoms with Crippen LogP contribution >= 0.6 is 11.6 Å². The highest BCUT2D eigenvalue weighted by atomic mass is 35.5. The minimum absolute atomic E-state index is 0.588. The van der Waals surface area contributed by atoms with E-state index in [1.165, 1.54) is 27.6 Å². The van der Waals surface area contributed by atoms with Gasteiger partial charge in [-0.3, -0.25) is 9.89 Å². The van der Waals surface area contributed by atoms with E-state index in [0.717, 1.165) is 54.8 Å². The van der Waals surface area contributed by atoms with Crippen molar-refractivity contribution >= 4 is 33.8 Å². The summed E-state index contributed by atoms with van der Waals surface area (Å²) in [5.41, 5.74) is 5.30. The summed E-state index contributed by atoms with van der Waals surface area (Å²) in [4.78, 5) is 10.4. The number of methoxy groups -OCH3 is 1. The molecule has 6 rings (SSSR count). The van der Waals surface area contributed by atoms with Crippen LogP contribution in [0.2, 0.25) is 5.02 Å². The van der Waals surface area contributed by atoms with Crippen molar-refractivity contribution in [1.29, 1.82) is 0 Å². The van der Waals surface area contributed by atoms with E-state index in [1.54, 1.807) is 7.11 Å². The van der Waals surface area contributed by atoms with E-state index in [2.05, 4.69) is 89.5 Å². The Hall–Kier alpha value is -3.60. The summed E-state index contributed by atoms with van der Waals surface area (Å²) in [6, 6.07) is 31.7. The van der Waals surface area contributed by atoms with Crippen molar-refractivity contribution in [2.24, 2.45) is 4.99 Å². The maximum Gasteiger partial charge on any atom is 0.142 e. The van der Waals surface area contributed by atoms with Crippen molar-refractivity contribution in [2.45, 2.75) is 12.5 Å². The highest BCUT2D eigenvalue weighted by Gasteiger charge is 2.42. The van der Waals surface area contributed by atoms with E-state index in [-0.39, 0.29) is 0 Å². The molecule has 192 valence electrons. The van der Waals surface area contributed by atoms with Crippen LogP contribution in [0.4, 0.5) is 5.69 Å². The van der Waals surface area contributed by atoms with Gasteiger partial charge >= 0.3 is 0 Å². The van der Waals surface area contributed by atoms with Crippen molar-refractivity contribution in [1.82, 2.24) is 4.90 Å². The number of aliphatic imine (C=N–C) groups is 1. The lowest BCUT2D eigenvalue weighted by Crippen LogP contribution is -2.48. The lowest BCUT2D eigenvalue weighted by atomic mass is 9.76. The summed E-state index contributed by atoms with van der Waals surface area (Å²) in [7, 11) is 1.74. The van der Waals surface area contributed by atoms with Crippen LogP contribution in [-0.4, -0.2) is 50.4 Å². The topological polar surface area (TPSA) is 28.1 Å². The lowest BCUT2D eigenvalue weighted by molar-refractivity contribution is 0.269. The van der Waals surface area contributed by atoms with Gasteiger partial charge in [-0.05, 0) is 64.7 Å². The van der Waals surface area contributed by atoms with Crippen LogP contribution in [0.15, 0.2) is 108 Å². The second-order valence-electron chi connectivity index (χ2n) is 10.1. The number of fused-ring (bicyclic) bond motifs is 1. The van der Waals surface area contributed by atoms with Crippen molar-refractivity contribution in [3.05, 3.63) is 119 Å². The van der Waals surface area contributed by atoms with Gasteiger partial charge in [-0.25, -0.2) is 0 Å². The zero-order chi connectivity index (χ0) is 26.1. The Morgan fingerprint density at radius 3 is 2.34 bits per heavy atom. The molecule has 0 N–H and O–H groups in total. The Kier molecular flexibility index (Phi) is 6.69. The SMILES string of the molecule is COc1ccccc1N1CCN(CC2=CC(C)=NC2(c2ccc(Cl)cc2)c2cccc3ccccc23)CC1. The highest BCUT2D eigenvalue weighted by Crippen LogP contribution is 2.47. The lowest BCUT2D eigenvalue weighted by Gasteiger charge is -2.39. The quantitative estimate of drug-likeness (QED) is 0.274. The fourth-order valence-electron chi connectivity index (χ4n) is 6.03. The monoisotopic (exact) mass is 521 g/mol. The summed E-state index contributed by atoms with van der Waals surface area (Å²) in [6.07, 6.45) is 2.29. The molecule has 0 aliphatic carbocycles. The summed E-state index contributed by atoms with van der Waals surface area (Å²) in [5.74, 6) is 0.932. The maximum atomic E-state index is 6.34. The molecule has 0 spiro atoms. The smallest absolute Gasteiger partial charge is 0.142 e. The van der Waals surface area contributed by atoms with Gasteiger partial charge in [0.15, 0.2) is 0 Å². The van der Waals surface area contributed by atoms with Crippen molar-refractivity contribution in [3.63, 3.8) is 0 Å². The molecule has 1 saturated heterocycles. The Bertz CT molecular complexity index is 1510. The Labute approximate surface area is 229 Å². The van der Waals surface area contributed by atoms with E-state index in [0.29, 0.717) is 0 Å². The van der Waals surface area contributed by atoms with Gasteiger partial charge < -0.3 is 9.64 Å². The first-order valence-electron chi connectivity index (χ1n) is 13.2. The number of para-hydroxylation sites is 2. The standard InChI is InChI=1S/C33H32ClN3O/c1-24-22-27(23-36-18-20-37(21-19-36)31-12-5-6-13-32(31)38-2)33(35-24,26-14-16-28(34)17-15-26)30-11-7-9-25-8-3-4-10-29(25)30/h3-17,22H,18-21,23H2,1-2H3. The second-order valence-corrected chi connectivity index (χ2v) is 10.5. The zero-order valence-corrected chi connectivity index (χ0v) is 22.7. The minimum atomic E-state index is -0.588. The number of ether oxygens (including phenoxy) is 1. The van der Waals surface area contributed by atoms with Crippen LogP contribution in [0.25, 0.3) is 10.8 Å². The van der Waals surface area contributed by atoms with Gasteiger partial charge in [0.05, 0.1) is 12.8 Å². The van der Waals surface area contributed by atoms with E-state index in [4.69, 9.17) is 21.3 Å². The molecule has 4 aromatic rings. The summed E-state index contributed by atoms with van der Waals surface area (Å²) in [6.45, 7) is 6.82. The zero-order valence-electron chi connectivity index (χ0n) is 21.9. The van der Waals surface area contributed by atoms with Crippen LogP contribution in [0.5, 0.6) is 5.75 Å². The third-order valence-electron chi connectivity index (χ3n) is 7.83. The van der Waals surface area contributed by atoms with Gasteiger partial charge in [0.1, 0.15) is 11.3 Å². The van der Waals surface area contributed by atoms with E-state index < -0.39 is 5.54 Å². The first kappa shape index (κ1) is 24.7.